The molecular weight excluding hydrogens is 442 g/mol. The van der Waals surface area contributed by atoms with Crippen LogP contribution in [-0.4, -0.2) is 6.29 Å². The maximum Gasteiger partial charge on any atom is 0.150 e. The Labute approximate surface area is 209 Å². The van der Waals surface area contributed by atoms with Gasteiger partial charge in [-0.2, -0.15) is 0 Å². The summed E-state index contributed by atoms with van der Waals surface area (Å²) in [5.74, 6) is 0.788. The van der Waals surface area contributed by atoms with E-state index < -0.39 is 0 Å². The van der Waals surface area contributed by atoms with E-state index in [1.807, 2.05) is 24.3 Å². The smallest absolute Gasteiger partial charge is 0.150 e. The Morgan fingerprint density at radius 1 is 0.528 bits per heavy atom. The summed E-state index contributed by atoms with van der Waals surface area (Å²) >= 11 is 0. The zero-order chi connectivity index (χ0) is 24.3. The van der Waals surface area contributed by atoms with E-state index in [9.17, 15) is 4.79 Å². The van der Waals surface area contributed by atoms with E-state index in [4.69, 9.17) is 4.42 Å². The van der Waals surface area contributed by atoms with Crippen LogP contribution >= 0.6 is 0 Å². The molecule has 0 amide bonds. The molecule has 3 heteroatoms. The third-order valence-corrected chi connectivity index (χ3v) is 6.34. The fourth-order valence-corrected chi connectivity index (χ4v) is 4.49. The zero-order valence-corrected chi connectivity index (χ0v) is 19.5. The second-order valence-electron chi connectivity index (χ2n) is 8.66. The van der Waals surface area contributed by atoms with Crippen molar-refractivity contribution >= 4 is 34.3 Å². The molecule has 36 heavy (non-hydrogen) atoms. The summed E-state index contributed by atoms with van der Waals surface area (Å²) in [6.45, 7) is 0. The number of benzene rings is 5. The van der Waals surface area contributed by atoms with Crippen molar-refractivity contribution in [2.24, 2.45) is 0 Å². The van der Waals surface area contributed by atoms with E-state index in [2.05, 4.69) is 102 Å². The van der Waals surface area contributed by atoms with Gasteiger partial charge in [-0.25, -0.2) is 0 Å². The lowest BCUT2D eigenvalue weighted by atomic mass is 10.0. The largest absolute Gasteiger partial charge is 0.456 e. The van der Waals surface area contributed by atoms with E-state index in [0.29, 0.717) is 5.56 Å². The molecule has 0 unspecified atom stereocenters. The number of aldehydes is 1. The highest BCUT2D eigenvalue weighted by Crippen LogP contribution is 2.36. The van der Waals surface area contributed by atoms with Gasteiger partial charge in [-0.1, -0.05) is 84.9 Å². The van der Waals surface area contributed by atoms with Crippen molar-refractivity contribution in [3.63, 3.8) is 0 Å². The lowest BCUT2D eigenvalue weighted by Gasteiger charge is -2.25. The van der Waals surface area contributed by atoms with E-state index in [1.165, 1.54) is 0 Å². The van der Waals surface area contributed by atoms with Gasteiger partial charge in [0.25, 0.3) is 0 Å². The van der Waals surface area contributed by atoms with Gasteiger partial charge in [0.2, 0.25) is 0 Å². The molecule has 3 nitrogen and oxygen atoms in total. The molecule has 0 spiro atoms. The van der Waals surface area contributed by atoms with Crippen LogP contribution in [0.15, 0.2) is 138 Å². The first-order chi connectivity index (χ1) is 17.8. The second-order valence-corrected chi connectivity index (χ2v) is 8.66. The SMILES string of the molecule is O=Cc1ccc2cc(-c3ccc(-c4ccc(N(c5ccccc5)c5ccccc5)cc4)cc3)oc2c1. The standard InChI is InChI=1S/C33H23NO2/c35-23-24-11-12-28-22-33(36-32(28)21-24)27-15-13-25(14-16-27)26-17-19-31(20-18-26)34(29-7-3-1-4-8-29)30-9-5-2-6-10-30/h1-23H. The summed E-state index contributed by atoms with van der Waals surface area (Å²) in [6, 6.07) is 45.3. The number of anilines is 3. The average Bonchev–Trinajstić information content (AvgIpc) is 3.38. The van der Waals surface area contributed by atoms with Crippen molar-refractivity contribution in [2.75, 3.05) is 4.90 Å². The van der Waals surface area contributed by atoms with Gasteiger partial charge in [-0.3, -0.25) is 4.79 Å². The molecule has 1 aromatic heterocycles. The number of nitrogens with zero attached hydrogens (tertiary/aromatic N) is 1. The van der Waals surface area contributed by atoms with Crippen molar-refractivity contribution < 1.29 is 9.21 Å². The van der Waals surface area contributed by atoms with Crippen LogP contribution in [0.5, 0.6) is 0 Å². The monoisotopic (exact) mass is 465 g/mol. The Morgan fingerprint density at radius 2 is 1.06 bits per heavy atom. The van der Waals surface area contributed by atoms with Crippen molar-refractivity contribution in [2.45, 2.75) is 0 Å². The summed E-state index contributed by atoms with van der Waals surface area (Å²) in [4.78, 5) is 13.3. The molecule has 0 aliphatic heterocycles. The fraction of sp³-hybridized carbons (Fsp3) is 0. The molecule has 0 N–H and O–H groups in total. The molecule has 0 atom stereocenters. The topological polar surface area (TPSA) is 33.5 Å². The van der Waals surface area contributed by atoms with Gasteiger partial charge in [-0.15, -0.1) is 0 Å². The van der Waals surface area contributed by atoms with Gasteiger partial charge in [0.05, 0.1) is 0 Å². The lowest BCUT2D eigenvalue weighted by molar-refractivity contribution is 0.112. The number of rotatable bonds is 6. The Morgan fingerprint density at radius 3 is 1.64 bits per heavy atom. The van der Waals surface area contributed by atoms with Gasteiger partial charge in [0, 0.05) is 33.6 Å². The van der Waals surface area contributed by atoms with Gasteiger partial charge in [-0.05, 0) is 59.7 Å². The molecule has 6 aromatic rings. The summed E-state index contributed by atoms with van der Waals surface area (Å²) in [7, 11) is 0. The molecule has 0 radical (unpaired) electrons. The van der Waals surface area contributed by atoms with Gasteiger partial charge >= 0.3 is 0 Å². The van der Waals surface area contributed by atoms with Crippen LogP contribution in [0.4, 0.5) is 17.1 Å². The van der Waals surface area contributed by atoms with Crippen LogP contribution in [0.25, 0.3) is 33.4 Å². The average molecular weight is 466 g/mol. The van der Waals surface area contributed by atoms with E-state index in [-0.39, 0.29) is 0 Å². The van der Waals surface area contributed by atoms with Crippen LogP contribution in [0.1, 0.15) is 10.4 Å². The minimum absolute atomic E-state index is 0.611. The van der Waals surface area contributed by atoms with Crippen LogP contribution < -0.4 is 4.90 Å². The Bertz CT molecular complexity index is 1580. The molecular formula is C33H23NO2. The highest BCUT2D eigenvalue weighted by atomic mass is 16.3. The van der Waals surface area contributed by atoms with Crippen molar-refractivity contribution in [3.8, 4) is 22.5 Å². The first kappa shape index (κ1) is 21.6. The van der Waals surface area contributed by atoms with E-state index in [1.54, 1.807) is 12.1 Å². The Kier molecular flexibility index (Phi) is 5.65. The van der Waals surface area contributed by atoms with E-state index in [0.717, 1.165) is 56.8 Å². The van der Waals surface area contributed by atoms with Crippen LogP contribution in [0.3, 0.4) is 0 Å². The quantitative estimate of drug-likeness (QED) is 0.230. The number of hydrogen-bond donors (Lipinski definition) is 0. The lowest BCUT2D eigenvalue weighted by Crippen LogP contribution is -2.09. The molecule has 0 fully saturated rings. The Balaban J connectivity index is 1.29. The molecule has 0 saturated heterocycles. The molecule has 0 saturated carbocycles. The summed E-state index contributed by atoms with van der Waals surface area (Å²) in [6.07, 6.45) is 0.834. The summed E-state index contributed by atoms with van der Waals surface area (Å²) < 4.78 is 6.00. The molecule has 6 rings (SSSR count). The number of hydrogen-bond acceptors (Lipinski definition) is 3. The predicted molar refractivity (Wildman–Crippen MR) is 147 cm³/mol. The third kappa shape index (κ3) is 4.19. The van der Waals surface area contributed by atoms with Crippen molar-refractivity contribution in [3.05, 3.63) is 139 Å². The number of furan rings is 1. The Hall–Kier alpha value is -4.89. The van der Waals surface area contributed by atoms with Crippen LogP contribution in [0.2, 0.25) is 0 Å². The highest BCUT2D eigenvalue weighted by Gasteiger charge is 2.12. The molecule has 5 aromatic carbocycles. The maximum atomic E-state index is 11.1. The summed E-state index contributed by atoms with van der Waals surface area (Å²) in [5, 5.41) is 0.983. The third-order valence-electron chi connectivity index (χ3n) is 6.34. The van der Waals surface area contributed by atoms with Crippen molar-refractivity contribution in [1.82, 2.24) is 0 Å². The van der Waals surface area contributed by atoms with E-state index >= 15 is 0 Å². The van der Waals surface area contributed by atoms with Gasteiger partial charge in [0.1, 0.15) is 17.6 Å². The normalized spacial score (nSPS) is 10.9. The minimum atomic E-state index is 0.611. The van der Waals surface area contributed by atoms with Gasteiger partial charge in [0.15, 0.2) is 0 Å². The molecule has 0 aliphatic rings. The molecule has 0 aliphatic carbocycles. The first-order valence-electron chi connectivity index (χ1n) is 11.9. The minimum Gasteiger partial charge on any atom is -0.456 e. The predicted octanol–water partition coefficient (Wildman–Crippen LogP) is 9.05. The second kappa shape index (κ2) is 9.40. The van der Waals surface area contributed by atoms with Crippen LogP contribution in [-0.2, 0) is 0 Å². The maximum absolute atomic E-state index is 11.1. The number of carbonyl (C=O) groups is 1. The molecule has 172 valence electrons. The molecule has 1 heterocycles. The first-order valence-corrected chi connectivity index (χ1v) is 11.9. The zero-order valence-electron chi connectivity index (χ0n) is 19.5. The van der Waals surface area contributed by atoms with Crippen molar-refractivity contribution in [1.29, 1.82) is 0 Å². The van der Waals surface area contributed by atoms with Crippen LogP contribution in [0, 0.1) is 0 Å². The fourth-order valence-electron chi connectivity index (χ4n) is 4.49. The van der Waals surface area contributed by atoms with Gasteiger partial charge < -0.3 is 9.32 Å². The molecule has 0 bridgehead atoms. The summed E-state index contributed by atoms with van der Waals surface area (Å²) in [5.41, 5.74) is 7.94. The number of para-hydroxylation sites is 2. The highest BCUT2D eigenvalue weighted by molar-refractivity contribution is 5.88. The number of carbonyl (C=O) groups excluding carboxylic acids is 1. The number of fused-ring (bicyclic) bond motifs is 1.